The number of rotatable bonds is 12. The quantitative estimate of drug-likeness (QED) is 0.161. The summed E-state index contributed by atoms with van der Waals surface area (Å²) in [5.74, 6) is -0.446. The second-order valence-corrected chi connectivity index (χ2v) is 17.9. The normalized spacial score (nSPS) is 21.1. The molecule has 0 saturated carbocycles. The molecule has 1 spiro atoms. The highest BCUT2D eigenvalue weighted by atomic mass is 28.4. The molecule has 11 heteroatoms. The number of hydrogen-bond donors (Lipinski definition) is 3. The van der Waals surface area contributed by atoms with Gasteiger partial charge in [0.1, 0.15) is 5.75 Å². The minimum atomic E-state index is -2.99. The fraction of sp³-hybridized carbons (Fsp3) is 0.325. The van der Waals surface area contributed by atoms with Crippen LogP contribution in [0.4, 0.5) is 11.4 Å². The predicted molar refractivity (Wildman–Crippen MR) is 198 cm³/mol. The third kappa shape index (κ3) is 7.20. The van der Waals surface area contributed by atoms with E-state index in [1.54, 1.807) is 53.3 Å². The highest BCUT2D eigenvalue weighted by Crippen LogP contribution is 2.59. The van der Waals surface area contributed by atoms with Gasteiger partial charge in [-0.3, -0.25) is 14.4 Å². The van der Waals surface area contributed by atoms with Crippen LogP contribution in [0.2, 0.25) is 18.6 Å². The molecule has 51 heavy (non-hydrogen) atoms. The molecule has 0 bridgehead atoms. The van der Waals surface area contributed by atoms with Crippen molar-refractivity contribution in [3.63, 3.8) is 0 Å². The Labute approximate surface area is 299 Å². The Morgan fingerprint density at radius 2 is 1.61 bits per heavy atom. The lowest BCUT2D eigenvalue weighted by atomic mass is 9.82. The van der Waals surface area contributed by atoms with Gasteiger partial charge in [-0.05, 0) is 66.7 Å². The molecule has 4 atom stereocenters. The van der Waals surface area contributed by atoms with Crippen LogP contribution in [-0.4, -0.2) is 67.2 Å². The number of benzene rings is 4. The lowest BCUT2D eigenvalue weighted by Crippen LogP contribution is -2.46. The first-order valence-electron chi connectivity index (χ1n) is 17.2. The number of ether oxygens (including phenoxy) is 2. The number of anilines is 2. The van der Waals surface area contributed by atoms with E-state index in [-0.39, 0.29) is 43.8 Å². The van der Waals surface area contributed by atoms with Gasteiger partial charge in [0.2, 0.25) is 5.91 Å². The van der Waals surface area contributed by atoms with Crippen molar-refractivity contribution in [1.29, 1.82) is 0 Å². The van der Waals surface area contributed by atoms with Gasteiger partial charge in [0, 0.05) is 41.4 Å². The molecule has 3 amide bonds. The molecule has 0 aromatic heterocycles. The minimum absolute atomic E-state index is 0.0280. The molecule has 6 rings (SSSR count). The molecule has 2 aliphatic heterocycles. The van der Waals surface area contributed by atoms with Crippen molar-refractivity contribution in [1.82, 2.24) is 4.90 Å². The van der Waals surface area contributed by atoms with E-state index in [1.165, 1.54) is 0 Å². The molecule has 2 aliphatic rings. The van der Waals surface area contributed by atoms with E-state index in [0.717, 1.165) is 22.4 Å². The number of hydrogen-bond acceptors (Lipinski definition) is 7. The maximum Gasteiger partial charge on any atom is 0.264 e. The second kappa shape index (κ2) is 14.8. The van der Waals surface area contributed by atoms with Gasteiger partial charge in [-0.2, -0.15) is 0 Å². The van der Waals surface area contributed by atoms with Gasteiger partial charge in [-0.1, -0.05) is 67.6 Å². The number of methoxy groups -OCH3 is 1. The van der Waals surface area contributed by atoms with Gasteiger partial charge >= 0.3 is 0 Å². The summed E-state index contributed by atoms with van der Waals surface area (Å²) >= 11 is 0. The predicted octanol–water partition coefficient (Wildman–Crippen LogP) is 5.70. The van der Waals surface area contributed by atoms with E-state index in [1.807, 2.05) is 86.7 Å². The molecular formula is C40H45N3O7Si. The number of para-hydroxylation sites is 1. The van der Waals surface area contributed by atoms with E-state index in [0.29, 0.717) is 23.5 Å². The molecule has 0 unspecified atom stereocenters. The average Bonchev–Trinajstić information content (AvgIpc) is 3.55. The van der Waals surface area contributed by atoms with Crippen molar-refractivity contribution in [3.8, 4) is 5.75 Å². The lowest BCUT2D eigenvalue weighted by Gasteiger charge is -2.32. The summed E-state index contributed by atoms with van der Waals surface area (Å²) in [4.78, 5) is 56.4. The van der Waals surface area contributed by atoms with Gasteiger partial charge in [0.25, 0.3) is 11.8 Å². The van der Waals surface area contributed by atoms with Crippen LogP contribution < -0.4 is 15.0 Å². The van der Waals surface area contributed by atoms with E-state index in [4.69, 9.17) is 9.47 Å². The zero-order valence-corrected chi connectivity index (χ0v) is 30.4. The fourth-order valence-electron chi connectivity index (χ4n) is 7.73. The van der Waals surface area contributed by atoms with Crippen LogP contribution in [0.1, 0.15) is 40.4 Å². The van der Waals surface area contributed by atoms with Crippen molar-refractivity contribution in [2.75, 3.05) is 30.5 Å². The Bertz CT molecular complexity index is 1860. The number of aliphatic hydroxyl groups is 1. The summed E-state index contributed by atoms with van der Waals surface area (Å²) in [7, 11) is -1.42. The summed E-state index contributed by atoms with van der Waals surface area (Å²) in [6, 6.07) is 31.4. The van der Waals surface area contributed by atoms with E-state index in [2.05, 4.69) is 5.32 Å². The summed E-state index contributed by atoms with van der Waals surface area (Å²) in [5.41, 5.74) is 2.55. The first-order valence-corrected chi connectivity index (χ1v) is 20.3. The second-order valence-electron chi connectivity index (χ2n) is 13.9. The molecule has 4 aromatic carbocycles. The number of carbonyl (C=O) groups excluding carboxylic acids is 3. The Kier molecular flexibility index (Phi) is 10.5. The van der Waals surface area contributed by atoms with Gasteiger partial charge in [-0.15, -0.1) is 0 Å². The number of nitrogens with one attached hydrogen (secondary N) is 1. The zero-order valence-electron chi connectivity index (χ0n) is 29.4. The van der Waals surface area contributed by atoms with Crippen LogP contribution in [0.25, 0.3) is 0 Å². The Morgan fingerprint density at radius 1 is 0.941 bits per heavy atom. The number of amides is 3. The fourth-order valence-corrected chi connectivity index (χ4v) is 10.3. The highest BCUT2D eigenvalue weighted by Gasteiger charge is 2.66. The number of aliphatic hydroxyl groups excluding tert-OH is 1. The van der Waals surface area contributed by atoms with Crippen LogP contribution >= 0.6 is 0 Å². The summed E-state index contributed by atoms with van der Waals surface area (Å²) < 4.78 is 12.0. The zero-order chi connectivity index (χ0) is 36.3. The monoisotopic (exact) mass is 707 g/mol. The first-order chi connectivity index (χ1) is 24.5. The lowest BCUT2D eigenvalue weighted by molar-refractivity contribution is -0.150. The average molecular weight is 708 g/mol. The topological polar surface area (TPSA) is 129 Å². The molecule has 2 heterocycles. The Morgan fingerprint density at radius 3 is 2.25 bits per heavy atom. The first kappa shape index (κ1) is 36.0. The van der Waals surface area contributed by atoms with Gasteiger partial charge < -0.3 is 34.5 Å². The summed E-state index contributed by atoms with van der Waals surface area (Å²) in [6.07, 6.45) is -0.735. The molecular weight excluding hydrogens is 663 g/mol. The van der Waals surface area contributed by atoms with Crippen molar-refractivity contribution >= 4 is 37.4 Å². The van der Waals surface area contributed by atoms with E-state index >= 15 is 0 Å². The molecule has 0 aliphatic carbocycles. The molecule has 266 valence electrons. The minimum Gasteiger partial charge on any atom is -0.497 e. The smallest absolute Gasteiger partial charge is 0.264 e. The van der Waals surface area contributed by atoms with Crippen LogP contribution in [0.5, 0.6) is 5.75 Å². The summed E-state index contributed by atoms with van der Waals surface area (Å²) in [6.45, 7) is 6.18. The molecule has 3 N–H and O–H groups in total. The summed E-state index contributed by atoms with van der Waals surface area (Å²) in [5, 5.41) is 12.7. The molecule has 10 nitrogen and oxygen atoms in total. The van der Waals surface area contributed by atoms with Crippen LogP contribution in [0.15, 0.2) is 103 Å². The third-order valence-corrected chi connectivity index (χ3v) is 12.6. The molecule has 1 saturated heterocycles. The van der Waals surface area contributed by atoms with E-state index in [9.17, 15) is 24.3 Å². The molecule has 0 radical (unpaired) electrons. The Balaban J connectivity index is 1.23. The third-order valence-electron chi connectivity index (χ3n) is 10.1. The largest absolute Gasteiger partial charge is 0.497 e. The van der Waals surface area contributed by atoms with Crippen molar-refractivity contribution in [2.45, 2.75) is 56.8 Å². The van der Waals surface area contributed by atoms with Crippen molar-refractivity contribution in [2.24, 2.45) is 5.92 Å². The van der Waals surface area contributed by atoms with Crippen LogP contribution in [0, 0.1) is 5.92 Å². The van der Waals surface area contributed by atoms with Crippen molar-refractivity contribution in [3.05, 3.63) is 125 Å². The van der Waals surface area contributed by atoms with Crippen LogP contribution in [-0.2, 0) is 33.0 Å². The van der Waals surface area contributed by atoms with Gasteiger partial charge in [0.05, 0.1) is 38.5 Å². The SMILES string of the molecule is COc1ccc(C(=O)Nc2ccc(CN3C(=O)[C@@]4(O[C@@H](CC(=O)N(CCO)Cc5ccccc5)[C@H]([Si](C)(C)O)[C@H]4C)c4ccccc43)cc2)cc1. The standard InChI is InChI=1S/C40H45N3O7Si/c1-27-37(51(3,4)48)35(24-36(45)42(22-23-44)25-28-10-6-5-7-11-28)50-40(27)33-12-8-9-13-34(33)43(39(40)47)26-29-14-18-31(19-15-29)41-38(46)30-16-20-32(49-2)21-17-30/h5-21,27,35,37,44,48H,22-26H2,1-4H3,(H,41,46)/t27-,35+,37-,40+/m1/s1. The highest BCUT2D eigenvalue weighted by molar-refractivity contribution is 6.71. The Hall–Kier alpha value is -4.81. The maximum absolute atomic E-state index is 14.7. The maximum atomic E-state index is 14.7. The molecule has 1 fully saturated rings. The molecule has 4 aromatic rings. The number of fused-ring (bicyclic) bond motifs is 2. The number of carbonyl (C=O) groups is 3. The number of nitrogens with zero attached hydrogens (tertiary/aromatic N) is 2. The van der Waals surface area contributed by atoms with E-state index < -0.39 is 31.5 Å². The van der Waals surface area contributed by atoms with Gasteiger partial charge in [-0.25, -0.2) is 0 Å². The van der Waals surface area contributed by atoms with Crippen LogP contribution in [0.3, 0.4) is 0 Å². The van der Waals surface area contributed by atoms with Gasteiger partial charge in [0.15, 0.2) is 13.9 Å². The van der Waals surface area contributed by atoms with Crippen molar-refractivity contribution < 1.29 is 33.8 Å².